The number of anilines is 1. The smallest absolute Gasteiger partial charge is 0.406 e. The van der Waals surface area contributed by atoms with Crippen molar-refractivity contribution in [2.45, 2.75) is 20.2 Å². The molecule has 5 rings (SSSR count). The fraction of sp³-hybridized carbons (Fsp3) is 0.143. The first kappa shape index (κ1) is 26.2. The van der Waals surface area contributed by atoms with E-state index in [1.807, 2.05) is 62.4 Å². The van der Waals surface area contributed by atoms with Crippen molar-refractivity contribution < 1.29 is 22.7 Å². The van der Waals surface area contributed by atoms with E-state index in [2.05, 4.69) is 20.0 Å². The molecule has 1 amide bonds. The lowest BCUT2D eigenvalue weighted by molar-refractivity contribution is -0.274. The van der Waals surface area contributed by atoms with Crippen LogP contribution in [-0.4, -0.2) is 39.2 Å². The third-order valence-corrected chi connectivity index (χ3v) is 6.82. The van der Waals surface area contributed by atoms with Gasteiger partial charge in [-0.15, -0.1) is 18.3 Å². The van der Waals surface area contributed by atoms with Gasteiger partial charge in [0.05, 0.1) is 29.0 Å². The molecule has 2 heterocycles. The first-order valence-corrected chi connectivity index (χ1v) is 12.8. The number of thioether (sulfide) groups is 1. The molecule has 11 heteroatoms. The Morgan fingerprint density at radius 1 is 0.974 bits per heavy atom. The molecule has 7 nitrogen and oxygen atoms in total. The summed E-state index contributed by atoms with van der Waals surface area (Å²) in [6.07, 6.45) is -1.39. The molecule has 0 aliphatic carbocycles. The Hall–Kier alpha value is -4.38. The lowest BCUT2D eigenvalue weighted by Gasteiger charge is -2.20. The number of halogens is 3. The van der Waals surface area contributed by atoms with Gasteiger partial charge >= 0.3 is 6.36 Å². The zero-order valence-electron chi connectivity index (χ0n) is 20.9. The van der Waals surface area contributed by atoms with E-state index in [4.69, 9.17) is 0 Å². The molecule has 0 bridgehead atoms. The highest BCUT2D eigenvalue weighted by Crippen LogP contribution is 2.32. The standard InChI is InChI=1S/C28H22F3N5O2S/c1-18-4-3-5-19(2)26(18)36-25(37)17-39-27(36)33-32-16-20-6-8-21(9-7-20)24-14-15-35(34-24)22-10-12-23(13-11-22)38-28(29,30)31/h3-16H,17H2,1-2H3. The largest absolute Gasteiger partial charge is 0.573 e. The van der Waals surface area contributed by atoms with Gasteiger partial charge in [-0.3, -0.25) is 9.69 Å². The number of hydrogen-bond donors (Lipinski definition) is 0. The SMILES string of the molecule is Cc1cccc(C)c1N1C(=O)CSC1=NN=Cc1ccc(-c2ccn(-c3ccc(OC(F)(F)F)cc3)n2)cc1. The highest BCUT2D eigenvalue weighted by molar-refractivity contribution is 8.15. The second-order valence-corrected chi connectivity index (χ2v) is 9.64. The van der Waals surface area contributed by atoms with E-state index in [0.29, 0.717) is 22.3 Å². The maximum absolute atomic E-state index is 12.6. The molecule has 1 saturated heterocycles. The van der Waals surface area contributed by atoms with Crippen LogP contribution in [0.25, 0.3) is 16.9 Å². The second kappa shape index (κ2) is 10.8. The minimum absolute atomic E-state index is 0.0271. The zero-order valence-corrected chi connectivity index (χ0v) is 21.7. The number of hydrogen-bond acceptors (Lipinski definition) is 6. The van der Waals surface area contributed by atoms with Crippen LogP contribution in [0, 0.1) is 13.8 Å². The van der Waals surface area contributed by atoms with E-state index < -0.39 is 6.36 Å². The summed E-state index contributed by atoms with van der Waals surface area (Å²) in [6.45, 7) is 3.93. The fourth-order valence-electron chi connectivity index (χ4n) is 4.12. The minimum Gasteiger partial charge on any atom is -0.406 e. The van der Waals surface area contributed by atoms with E-state index in [1.54, 1.807) is 22.0 Å². The molecule has 4 aromatic rings. The van der Waals surface area contributed by atoms with Crippen LogP contribution < -0.4 is 9.64 Å². The normalized spacial score (nSPS) is 15.1. The van der Waals surface area contributed by atoms with Crippen molar-refractivity contribution in [1.82, 2.24) is 9.78 Å². The number of carbonyl (C=O) groups excluding carboxylic acids is 1. The Labute approximate surface area is 226 Å². The molecule has 0 atom stereocenters. The maximum Gasteiger partial charge on any atom is 0.573 e. The summed E-state index contributed by atoms with van der Waals surface area (Å²) in [4.78, 5) is 14.2. The van der Waals surface area contributed by atoms with Gasteiger partial charge in [-0.25, -0.2) is 4.68 Å². The average molecular weight is 550 g/mol. The van der Waals surface area contributed by atoms with E-state index in [0.717, 1.165) is 27.9 Å². The third-order valence-electron chi connectivity index (χ3n) is 5.91. The summed E-state index contributed by atoms with van der Waals surface area (Å²) < 4.78 is 42.6. The van der Waals surface area contributed by atoms with E-state index in [-0.39, 0.29) is 11.7 Å². The first-order valence-electron chi connectivity index (χ1n) is 11.8. The number of aryl methyl sites for hydroxylation is 2. The monoisotopic (exact) mass is 549 g/mol. The van der Waals surface area contributed by atoms with Gasteiger partial charge in [-0.1, -0.05) is 54.2 Å². The Morgan fingerprint density at radius 2 is 1.67 bits per heavy atom. The lowest BCUT2D eigenvalue weighted by Crippen LogP contribution is -2.30. The topological polar surface area (TPSA) is 72.1 Å². The molecule has 0 unspecified atom stereocenters. The van der Waals surface area contributed by atoms with Gasteiger partial charge in [0, 0.05) is 11.8 Å². The van der Waals surface area contributed by atoms with Crippen molar-refractivity contribution in [3.05, 3.63) is 95.7 Å². The van der Waals surface area contributed by atoms with Crippen LogP contribution in [0.2, 0.25) is 0 Å². The summed E-state index contributed by atoms with van der Waals surface area (Å²) in [7, 11) is 0. The quantitative estimate of drug-likeness (QED) is 0.203. The van der Waals surface area contributed by atoms with Crippen molar-refractivity contribution >= 4 is 34.7 Å². The van der Waals surface area contributed by atoms with Crippen molar-refractivity contribution in [2.75, 3.05) is 10.7 Å². The molecule has 198 valence electrons. The predicted molar refractivity (Wildman–Crippen MR) is 147 cm³/mol. The molecule has 1 aromatic heterocycles. The van der Waals surface area contributed by atoms with E-state index in [1.165, 1.54) is 36.0 Å². The van der Waals surface area contributed by atoms with Crippen molar-refractivity contribution in [3.63, 3.8) is 0 Å². The van der Waals surface area contributed by atoms with Gasteiger partial charge in [-0.05, 0) is 60.9 Å². The van der Waals surface area contributed by atoms with Crippen LogP contribution in [0.5, 0.6) is 5.75 Å². The Kier molecular flexibility index (Phi) is 7.25. The van der Waals surface area contributed by atoms with Crippen LogP contribution in [0.1, 0.15) is 16.7 Å². The molecular formula is C28H22F3N5O2S. The summed E-state index contributed by atoms with van der Waals surface area (Å²) in [5, 5.41) is 13.6. The summed E-state index contributed by atoms with van der Waals surface area (Å²) in [6, 6.07) is 20.7. The van der Waals surface area contributed by atoms with Crippen LogP contribution in [-0.2, 0) is 4.79 Å². The van der Waals surface area contributed by atoms with Gasteiger partial charge in [-0.2, -0.15) is 10.2 Å². The first-order chi connectivity index (χ1) is 18.7. The number of alkyl halides is 3. The molecule has 0 spiro atoms. The Balaban J connectivity index is 1.27. The van der Waals surface area contributed by atoms with Crippen molar-refractivity contribution in [3.8, 4) is 22.7 Å². The molecule has 0 saturated carbocycles. The van der Waals surface area contributed by atoms with Gasteiger partial charge in [0.15, 0.2) is 5.17 Å². The molecule has 0 radical (unpaired) electrons. The summed E-state index contributed by atoms with van der Waals surface area (Å²) in [5.41, 5.74) is 5.79. The van der Waals surface area contributed by atoms with Crippen molar-refractivity contribution in [1.29, 1.82) is 0 Å². The molecule has 1 aliphatic rings. The van der Waals surface area contributed by atoms with Crippen LogP contribution in [0.3, 0.4) is 0 Å². The van der Waals surface area contributed by atoms with Gasteiger partial charge in [0.2, 0.25) is 5.91 Å². The zero-order chi connectivity index (χ0) is 27.6. The number of amidine groups is 1. The third kappa shape index (κ3) is 6.04. The van der Waals surface area contributed by atoms with Crippen molar-refractivity contribution in [2.24, 2.45) is 10.2 Å². The number of aromatic nitrogens is 2. The highest BCUT2D eigenvalue weighted by atomic mass is 32.2. The van der Waals surface area contributed by atoms with Crippen LogP contribution >= 0.6 is 11.8 Å². The number of ether oxygens (including phenoxy) is 1. The Morgan fingerprint density at radius 3 is 2.33 bits per heavy atom. The lowest BCUT2D eigenvalue weighted by atomic mass is 10.1. The van der Waals surface area contributed by atoms with E-state index in [9.17, 15) is 18.0 Å². The summed E-state index contributed by atoms with van der Waals surface area (Å²) >= 11 is 1.35. The summed E-state index contributed by atoms with van der Waals surface area (Å²) in [5.74, 6) is -0.00698. The number of benzene rings is 3. The average Bonchev–Trinajstić information content (AvgIpc) is 3.52. The van der Waals surface area contributed by atoms with E-state index >= 15 is 0 Å². The van der Waals surface area contributed by atoms with Crippen LogP contribution in [0.15, 0.2) is 89.2 Å². The number of amides is 1. The van der Waals surface area contributed by atoms with Gasteiger partial charge < -0.3 is 4.74 Å². The molecule has 39 heavy (non-hydrogen) atoms. The Bertz CT molecular complexity index is 1540. The number of rotatable bonds is 6. The maximum atomic E-state index is 12.6. The number of carbonyl (C=O) groups is 1. The number of nitrogens with zero attached hydrogens (tertiary/aromatic N) is 5. The molecule has 1 aliphatic heterocycles. The second-order valence-electron chi connectivity index (χ2n) is 8.69. The van der Waals surface area contributed by atoms with Gasteiger partial charge in [0.25, 0.3) is 0 Å². The number of para-hydroxylation sites is 1. The predicted octanol–water partition coefficient (Wildman–Crippen LogP) is 6.52. The minimum atomic E-state index is -4.74. The molecule has 0 N–H and O–H groups in total. The highest BCUT2D eigenvalue weighted by Gasteiger charge is 2.32. The van der Waals surface area contributed by atoms with Crippen LogP contribution in [0.4, 0.5) is 18.9 Å². The molecule has 3 aromatic carbocycles. The van der Waals surface area contributed by atoms with Gasteiger partial charge in [0.1, 0.15) is 5.75 Å². The molecular weight excluding hydrogens is 527 g/mol. The molecule has 1 fully saturated rings. The fourth-order valence-corrected chi connectivity index (χ4v) is 4.93.